The van der Waals surface area contributed by atoms with Crippen LogP contribution in [0.3, 0.4) is 0 Å². The van der Waals surface area contributed by atoms with Gasteiger partial charge in [0, 0.05) is 19.2 Å². The fourth-order valence-corrected chi connectivity index (χ4v) is 2.17. The number of amides is 1. The van der Waals surface area contributed by atoms with Gasteiger partial charge in [0.15, 0.2) is 0 Å². The zero-order valence-corrected chi connectivity index (χ0v) is 10.9. The molecule has 1 aromatic carbocycles. The van der Waals surface area contributed by atoms with Gasteiger partial charge < -0.3 is 4.79 Å². The lowest BCUT2D eigenvalue weighted by Gasteiger charge is -2.28. The Morgan fingerprint density at radius 3 is 2.53 bits per heavy atom. The number of rotatable bonds is 5. The first kappa shape index (κ1) is 13.5. The average molecular weight is 258 g/mol. The van der Waals surface area contributed by atoms with E-state index in [9.17, 15) is 9.59 Å². The summed E-state index contributed by atoms with van der Waals surface area (Å²) >= 11 is 0. The van der Waals surface area contributed by atoms with Crippen molar-refractivity contribution in [1.82, 2.24) is 10.0 Å². The molecule has 0 unspecified atom stereocenters. The molecule has 1 amide bonds. The third-order valence-corrected chi connectivity index (χ3v) is 3.14. The zero-order valence-electron chi connectivity index (χ0n) is 10.9. The van der Waals surface area contributed by atoms with Gasteiger partial charge in [-0.1, -0.05) is 30.3 Å². The van der Waals surface area contributed by atoms with Crippen molar-refractivity contribution in [2.45, 2.75) is 12.8 Å². The van der Waals surface area contributed by atoms with Gasteiger partial charge in [0.2, 0.25) is 0 Å². The van der Waals surface area contributed by atoms with E-state index < -0.39 is 0 Å². The third kappa shape index (κ3) is 3.76. The first-order valence-electron chi connectivity index (χ1n) is 6.54. The molecular weight excluding hydrogens is 240 g/mol. The molecule has 19 heavy (non-hydrogen) atoms. The van der Waals surface area contributed by atoms with E-state index in [1.165, 1.54) is 11.1 Å². The molecule has 4 nitrogen and oxygen atoms in total. The van der Waals surface area contributed by atoms with Crippen LogP contribution in [-0.4, -0.2) is 41.8 Å². The molecule has 2 rings (SSSR count). The Labute approximate surface area is 113 Å². The van der Waals surface area contributed by atoms with E-state index >= 15 is 0 Å². The van der Waals surface area contributed by atoms with Crippen molar-refractivity contribution in [1.29, 1.82) is 0 Å². The second kappa shape index (κ2) is 6.85. The van der Waals surface area contributed by atoms with Crippen LogP contribution in [0.1, 0.15) is 18.4 Å². The van der Waals surface area contributed by atoms with Gasteiger partial charge in [-0.2, -0.15) is 0 Å². The van der Waals surface area contributed by atoms with E-state index in [2.05, 4.69) is 0 Å². The van der Waals surface area contributed by atoms with Crippen molar-refractivity contribution >= 4 is 18.3 Å². The molecule has 0 radical (unpaired) electrons. The summed E-state index contributed by atoms with van der Waals surface area (Å²) in [5, 5.41) is 3.48. The molecule has 0 aromatic heterocycles. The number of hydrazine groups is 1. The lowest BCUT2D eigenvalue weighted by molar-refractivity contribution is -0.143. The molecule has 1 aliphatic rings. The van der Waals surface area contributed by atoms with Gasteiger partial charge in [0.05, 0.1) is 6.54 Å². The van der Waals surface area contributed by atoms with Crippen LogP contribution in [0.2, 0.25) is 0 Å². The van der Waals surface area contributed by atoms with Gasteiger partial charge in [0.25, 0.3) is 5.91 Å². The van der Waals surface area contributed by atoms with Gasteiger partial charge in [0.1, 0.15) is 6.29 Å². The van der Waals surface area contributed by atoms with Crippen LogP contribution in [0.5, 0.6) is 0 Å². The maximum absolute atomic E-state index is 12.1. The molecule has 4 heteroatoms. The van der Waals surface area contributed by atoms with Gasteiger partial charge in [-0.3, -0.25) is 9.80 Å². The Morgan fingerprint density at radius 1 is 1.21 bits per heavy atom. The van der Waals surface area contributed by atoms with Crippen LogP contribution in [0, 0.1) is 0 Å². The molecule has 0 bridgehead atoms. The predicted octanol–water partition coefficient (Wildman–Crippen LogP) is 1.74. The first-order chi connectivity index (χ1) is 9.31. The molecule has 0 atom stereocenters. The quantitative estimate of drug-likeness (QED) is 0.596. The third-order valence-electron chi connectivity index (χ3n) is 3.14. The molecule has 100 valence electrons. The number of hydrogen-bond donors (Lipinski definition) is 0. The Hall–Kier alpha value is -1.94. The molecule has 0 spiro atoms. The highest BCUT2D eigenvalue weighted by molar-refractivity contribution is 5.92. The topological polar surface area (TPSA) is 40.6 Å². The van der Waals surface area contributed by atoms with E-state index in [0.717, 1.165) is 37.8 Å². The Bertz CT molecular complexity index is 450. The number of aldehydes is 1. The SMILES string of the molecule is O=CCN(C(=O)C=Cc1ccccc1)N1CCCC1. The van der Waals surface area contributed by atoms with Gasteiger partial charge in [-0.25, -0.2) is 5.01 Å². The number of carbonyl (C=O) groups excluding carboxylic acids is 2. The highest BCUT2D eigenvalue weighted by Gasteiger charge is 2.22. The summed E-state index contributed by atoms with van der Waals surface area (Å²) in [4.78, 5) is 22.8. The summed E-state index contributed by atoms with van der Waals surface area (Å²) in [6, 6.07) is 9.65. The molecule has 1 saturated heterocycles. The predicted molar refractivity (Wildman–Crippen MR) is 74.1 cm³/mol. The van der Waals surface area contributed by atoms with E-state index in [0.29, 0.717) is 0 Å². The largest absolute Gasteiger partial charge is 0.301 e. The van der Waals surface area contributed by atoms with E-state index in [1.54, 1.807) is 6.08 Å². The molecule has 1 fully saturated rings. The van der Waals surface area contributed by atoms with E-state index in [1.807, 2.05) is 35.3 Å². The standard InChI is InChI=1S/C15H18N2O2/c18-13-12-17(16-10-4-5-11-16)15(19)9-8-14-6-2-1-3-7-14/h1-3,6-9,13H,4-5,10-12H2. The van der Waals surface area contributed by atoms with Crippen LogP contribution in [0.15, 0.2) is 36.4 Å². The first-order valence-corrected chi connectivity index (χ1v) is 6.54. The maximum atomic E-state index is 12.1. The number of nitrogens with zero attached hydrogens (tertiary/aromatic N) is 2. The Kier molecular flexibility index (Phi) is 4.86. The van der Waals surface area contributed by atoms with Crippen LogP contribution in [0.25, 0.3) is 6.08 Å². The van der Waals surface area contributed by atoms with Crippen LogP contribution >= 0.6 is 0 Å². The highest BCUT2D eigenvalue weighted by Crippen LogP contribution is 2.11. The molecule has 1 aromatic rings. The van der Waals surface area contributed by atoms with Crippen molar-refractivity contribution in [3.8, 4) is 0 Å². The van der Waals surface area contributed by atoms with Crippen molar-refractivity contribution in [2.75, 3.05) is 19.6 Å². The van der Waals surface area contributed by atoms with Crippen molar-refractivity contribution in [2.24, 2.45) is 0 Å². The lowest BCUT2D eigenvalue weighted by Crippen LogP contribution is -2.45. The minimum atomic E-state index is -0.141. The van der Waals surface area contributed by atoms with Crippen LogP contribution in [-0.2, 0) is 9.59 Å². The molecular formula is C15H18N2O2. The van der Waals surface area contributed by atoms with Crippen LogP contribution in [0.4, 0.5) is 0 Å². The minimum absolute atomic E-state index is 0.123. The smallest absolute Gasteiger partial charge is 0.261 e. The summed E-state index contributed by atoms with van der Waals surface area (Å²) in [5.74, 6) is -0.141. The molecule has 0 saturated carbocycles. The van der Waals surface area contributed by atoms with E-state index in [-0.39, 0.29) is 12.5 Å². The summed E-state index contributed by atoms with van der Waals surface area (Å²) in [7, 11) is 0. The summed E-state index contributed by atoms with van der Waals surface area (Å²) in [6.07, 6.45) is 6.22. The lowest BCUT2D eigenvalue weighted by atomic mass is 10.2. The van der Waals surface area contributed by atoms with Gasteiger partial charge in [-0.05, 0) is 24.5 Å². The van der Waals surface area contributed by atoms with Crippen molar-refractivity contribution in [3.05, 3.63) is 42.0 Å². The highest BCUT2D eigenvalue weighted by atomic mass is 16.2. The Morgan fingerprint density at radius 2 is 1.89 bits per heavy atom. The molecule has 1 heterocycles. The minimum Gasteiger partial charge on any atom is -0.301 e. The van der Waals surface area contributed by atoms with E-state index in [4.69, 9.17) is 0 Å². The maximum Gasteiger partial charge on any atom is 0.261 e. The Balaban J connectivity index is 2.02. The summed E-state index contributed by atoms with van der Waals surface area (Å²) < 4.78 is 0. The number of hydrogen-bond acceptors (Lipinski definition) is 3. The average Bonchev–Trinajstić information content (AvgIpc) is 2.97. The monoisotopic (exact) mass is 258 g/mol. The summed E-state index contributed by atoms with van der Waals surface area (Å²) in [6.45, 7) is 1.81. The van der Waals surface area contributed by atoms with Crippen molar-refractivity contribution < 1.29 is 9.59 Å². The number of benzene rings is 1. The zero-order chi connectivity index (χ0) is 13.5. The molecule has 0 aliphatic carbocycles. The second-order valence-electron chi connectivity index (χ2n) is 4.49. The second-order valence-corrected chi connectivity index (χ2v) is 4.49. The van der Waals surface area contributed by atoms with Crippen molar-refractivity contribution in [3.63, 3.8) is 0 Å². The van der Waals surface area contributed by atoms with Gasteiger partial charge in [-0.15, -0.1) is 0 Å². The molecule has 1 aliphatic heterocycles. The molecule has 0 N–H and O–H groups in total. The normalized spacial score (nSPS) is 15.8. The summed E-state index contributed by atoms with van der Waals surface area (Å²) in [5.41, 5.74) is 0.975. The fraction of sp³-hybridized carbons (Fsp3) is 0.333. The van der Waals surface area contributed by atoms with Gasteiger partial charge >= 0.3 is 0 Å². The fourth-order valence-electron chi connectivity index (χ4n) is 2.17. The van der Waals surface area contributed by atoms with Crippen LogP contribution < -0.4 is 0 Å². The number of carbonyl (C=O) groups is 2.